The van der Waals surface area contributed by atoms with Gasteiger partial charge in [-0.3, -0.25) is 0 Å². The topological polar surface area (TPSA) is 173 Å². The minimum absolute atomic E-state index is 0.0177. The van der Waals surface area contributed by atoms with Gasteiger partial charge in [0.05, 0.1) is 15.5 Å². The van der Waals surface area contributed by atoms with Gasteiger partial charge in [0.2, 0.25) is 31.4 Å². The van der Waals surface area contributed by atoms with Crippen LogP contribution in [0.4, 0.5) is 8.78 Å². The number of aromatic nitrogens is 7. The zero-order chi connectivity index (χ0) is 28.7. The third kappa shape index (κ3) is 5.26. The Morgan fingerprint density at radius 3 is 2.42 bits per heavy atom. The Morgan fingerprint density at radius 2 is 1.77 bits per heavy atom. The molecule has 40 heavy (non-hydrogen) atoms. The van der Waals surface area contributed by atoms with E-state index in [0.29, 0.717) is 24.6 Å². The van der Waals surface area contributed by atoms with Crippen LogP contribution in [0.1, 0.15) is 63.1 Å². The maximum atomic E-state index is 13.4. The van der Waals surface area contributed by atoms with Gasteiger partial charge in [0, 0.05) is 11.8 Å². The molecule has 0 radical (unpaired) electrons. The van der Waals surface area contributed by atoms with Crippen LogP contribution in [0.3, 0.4) is 0 Å². The van der Waals surface area contributed by atoms with Gasteiger partial charge in [-0.15, -0.1) is 5.10 Å². The van der Waals surface area contributed by atoms with Gasteiger partial charge in [0.25, 0.3) is 0 Å². The van der Waals surface area contributed by atoms with Gasteiger partial charge in [0.1, 0.15) is 12.4 Å². The van der Waals surface area contributed by atoms with E-state index in [4.69, 9.17) is 9.26 Å². The van der Waals surface area contributed by atoms with Gasteiger partial charge in [-0.25, -0.2) is 30.6 Å². The molecule has 0 bridgehead atoms. The fraction of sp³-hybridized carbons (Fsp3) is 0.478. The van der Waals surface area contributed by atoms with Gasteiger partial charge in [-0.2, -0.15) is 14.6 Å². The summed E-state index contributed by atoms with van der Waals surface area (Å²) in [4.78, 5) is 11.7. The molecule has 0 aliphatic heterocycles. The smallest absolute Gasteiger partial charge is 0.247 e. The van der Waals surface area contributed by atoms with E-state index in [-0.39, 0.29) is 40.7 Å². The number of benzene rings is 1. The zero-order valence-corrected chi connectivity index (χ0v) is 23.1. The van der Waals surface area contributed by atoms with E-state index in [1.807, 2.05) is 13.8 Å². The maximum absolute atomic E-state index is 13.4. The quantitative estimate of drug-likeness (QED) is 0.276. The largest absolute Gasteiger partial charge is 0.473 e. The lowest BCUT2D eigenvalue weighted by Gasteiger charge is -2.26. The number of hydrogen-bond acceptors (Lipinski definition) is 12. The van der Waals surface area contributed by atoms with Crippen molar-refractivity contribution in [3.8, 4) is 11.6 Å². The fourth-order valence-corrected chi connectivity index (χ4v) is 6.00. The molecule has 13 nitrogen and oxygen atoms in total. The molecular weight excluding hydrogens is 572 g/mol. The van der Waals surface area contributed by atoms with Crippen molar-refractivity contribution >= 4 is 30.8 Å². The van der Waals surface area contributed by atoms with E-state index >= 15 is 0 Å². The first-order valence-electron chi connectivity index (χ1n) is 12.3. The van der Waals surface area contributed by atoms with Crippen molar-refractivity contribution < 1.29 is 34.9 Å². The van der Waals surface area contributed by atoms with Crippen LogP contribution >= 0.6 is 0 Å². The van der Waals surface area contributed by atoms with E-state index in [1.165, 1.54) is 0 Å². The summed E-state index contributed by atoms with van der Waals surface area (Å²) in [6.07, 6.45) is 3.72. The molecule has 0 atom stereocenters. The lowest BCUT2D eigenvalue weighted by atomic mass is 9.87. The van der Waals surface area contributed by atoms with Gasteiger partial charge >= 0.3 is 0 Å². The molecule has 1 fully saturated rings. The Labute approximate surface area is 227 Å². The highest BCUT2D eigenvalue weighted by Crippen LogP contribution is 2.35. The highest BCUT2D eigenvalue weighted by Gasteiger charge is 2.30. The summed E-state index contributed by atoms with van der Waals surface area (Å²) in [6, 6.07) is -0.815. The third-order valence-electron chi connectivity index (χ3n) is 6.62. The van der Waals surface area contributed by atoms with Crippen LogP contribution < -0.4 is 4.74 Å². The standard InChI is InChI=1S/C23H25F2N7O6S2/c1-13(2)20-28-22(38-30-20)14-3-5-15(6-4-14)37-23-19-21(26-12-27-23)32(31-29-19)17-9-16(39(33,34)10-24)7-8-18(17)40(35,36)11-25/h7-9,12-15H,3-6,10-11H2,1-2H3. The Hall–Kier alpha value is -3.60. The summed E-state index contributed by atoms with van der Waals surface area (Å²) < 4.78 is 88.2. The van der Waals surface area contributed by atoms with Crippen molar-refractivity contribution in [3.63, 3.8) is 0 Å². The molecule has 3 heterocycles. The number of sulfone groups is 2. The summed E-state index contributed by atoms with van der Waals surface area (Å²) >= 11 is 0. The Bertz CT molecular complexity index is 1750. The number of nitrogens with zero attached hydrogens (tertiary/aromatic N) is 7. The van der Waals surface area contributed by atoms with Gasteiger partial charge in [0.15, 0.2) is 29.0 Å². The molecule has 0 saturated heterocycles. The van der Waals surface area contributed by atoms with Crippen LogP contribution in [0.2, 0.25) is 0 Å². The second-order valence-electron chi connectivity index (χ2n) is 9.67. The Balaban J connectivity index is 1.44. The van der Waals surface area contributed by atoms with Crippen LogP contribution in [0.25, 0.3) is 16.9 Å². The molecule has 0 unspecified atom stereocenters. The van der Waals surface area contributed by atoms with Gasteiger partial charge in [-0.05, 0) is 43.9 Å². The van der Waals surface area contributed by atoms with Crippen molar-refractivity contribution in [2.45, 2.75) is 67.3 Å². The zero-order valence-electron chi connectivity index (χ0n) is 21.4. The highest BCUT2D eigenvalue weighted by atomic mass is 32.2. The molecule has 1 aromatic carbocycles. The summed E-state index contributed by atoms with van der Waals surface area (Å²) in [6.45, 7) is 3.98. The number of hydrogen-bond donors (Lipinski definition) is 0. The molecule has 5 rings (SSSR count). The van der Waals surface area contributed by atoms with Crippen LogP contribution in [0, 0.1) is 0 Å². The Kier molecular flexibility index (Phi) is 7.52. The molecule has 3 aromatic heterocycles. The molecule has 4 aromatic rings. The van der Waals surface area contributed by atoms with Crippen molar-refractivity contribution in [3.05, 3.63) is 36.2 Å². The molecule has 0 amide bonds. The molecule has 1 aliphatic rings. The van der Waals surface area contributed by atoms with Crippen LogP contribution in [-0.2, 0) is 19.7 Å². The molecular formula is C23H25F2N7O6S2. The molecule has 17 heteroatoms. The first-order valence-corrected chi connectivity index (χ1v) is 15.6. The van der Waals surface area contributed by atoms with E-state index in [9.17, 15) is 25.6 Å². The highest BCUT2D eigenvalue weighted by molar-refractivity contribution is 7.91. The maximum Gasteiger partial charge on any atom is 0.247 e. The second-order valence-corrected chi connectivity index (χ2v) is 13.5. The normalized spacial score (nSPS) is 18.4. The van der Waals surface area contributed by atoms with Gasteiger partial charge in [-0.1, -0.05) is 24.2 Å². The van der Waals surface area contributed by atoms with E-state index in [0.717, 1.165) is 42.0 Å². The second kappa shape index (κ2) is 10.8. The predicted octanol–water partition coefficient (Wildman–Crippen LogP) is 3.22. The molecule has 1 aliphatic carbocycles. The number of alkyl halides is 2. The van der Waals surface area contributed by atoms with Crippen molar-refractivity contribution in [2.24, 2.45) is 0 Å². The monoisotopic (exact) mass is 597 g/mol. The SMILES string of the molecule is CC(C)c1noc(C2CCC(Oc3ncnc4c3nnn4-c3cc(S(=O)(=O)CF)ccc3S(=O)(=O)CF)CC2)n1. The minimum Gasteiger partial charge on any atom is -0.473 e. The molecule has 1 saturated carbocycles. The number of rotatable bonds is 9. The first-order chi connectivity index (χ1) is 19.0. The average Bonchev–Trinajstić information content (AvgIpc) is 3.62. The van der Waals surface area contributed by atoms with Crippen molar-refractivity contribution in [1.29, 1.82) is 0 Å². The number of halogens is 2. The molecule has 0 N–H and O–H groups in total. The minimum atomic E-state index is -4.49. The van der Waals surface area contributed by atoms with Crippen LogP contribution in [0.5, 0.6) is 5.88 Å². The lowest BCUT2D eigenvalue weighted by molar-refractivity contribution is 0.135. The Morgan fingerprint density at radius 1 is 1.05 bits per heavy atom. The predicted molar refractivity (Wildman–Crippen MR) is 135 cm³/mol. The lowest BCUT2D eigenvalue weighted by Crippen LogP contribution is -2.24. The summed E-state index contributed by atoms with van der Waals surface area (Å²) in [5.41, 5.74) is -0.304. The average molecular weight is 598 g/mol. The van der Waals surface area contributed by atoms with Gasteiger partial charge < -0.3 is 9.26 Å². The molecule has 0 spiro atoms. The number of ether oxygens (including phenoxy) is 1. The van der Waals surface area contributed by atoms with E-state index < -0.39 is 41.5 Å². The summed E-state index contributed by atoms with van der Waals surface area (Å²) in [5, 5.41) is 12.0. The van der Waals surface area contributed by atoms with E-state index in [2.05, 4.69) is 30.4 Å². The van der Waals surface area contributed by atoms with Crippen molar-refractivity contribution in [2.75, 3.05) is 12.0 Å². The van der Waals surface area contributed by atoms with Crippen LogP contribution in [-0.4, -0.2) is 70.1 Å². The summed E-state index contributed by atoms with van der Waals surface area (Å²) in [5.74, 6) is 1.62. The van der Waals surface area contributed by atoms with Crippen molar-refractivity contribution in [1.82, 2.24) is 35.1 Å². The first kappa shape index (κ1) is 27.9. The fourth-order valence-electron chi connectivity index (χ4n) is 4.45. The van der Waals surface area contributed by atoms with Crippen LogP contribution in [0.15, 0.2) is 38.8 Å². The van der Waals surface area contributed by atoms with E-state index in [1.54, 1.807) is 0 Å². The summed E-state index contributed by atoms with van der Waals surface area (Å²) in [7, 11) is -8.87. The molecule has 214 valence electrons. The number of fused-ring (bicyclic) bond motifs is 1. The third-order valence-corrected chi connectivity index (χ3v) is 9.18.